The molecule has 0 bridgehead atoms. The Labute approximate surface area is 129 Å². The van der Waals surface area contributed by atoms with Crippen molar-refractivity contribution in [3.05, 3.63) is 29.8 Å². The molecule has 22 heavy (non-hydrogen) atoms. The normalized spacial score (nSPS) is 12.8. The molecule has 0 fully saturated rings. The average molecular weight is 329 g/mol. The highest BCUT2D eigenvalue weighted by atomic mass is 32.2. The van der Waals surface area contributed by atoms with Crippen LogP contribution in [0.25, 0.3) is 0 Å². The molecule has 7 nitrogen and oxygen atoms in total. The van der Waals surface area contributed by atoms with Gasteiger partial charge in [0.1, 0.15) is 6.04 Å². The highest BCUT2D eigenvalue weighted by Crippen LogP contribution is 2.14. The van der Waals surface area contributed by atoms with Gasteiger partial charge in [0.2, 0.25) is 10.0 Å². The maximum absolute atomic E-state index is 12.3. The molecule has 0 heterocycles. The van der Waals surface area contributed by atoms with Crippen molar-refractivity contribution in [2.45, 2.75) is 24.8 Å². The largest absolute Gasteiger partial charge is 0.468 e. The van der Waals surface area contributed by atoms with E-state index in [1.165, 1.54) is 38.5 Å². The van der Waals surface area contributed by atoms with Gasteiger partial charge in [0.25, 0.3) is 0 Å². The van der Waals surface area contributed by atoms with Crippen LogP contribution >= 0.6 is 0 Å². The fourth-order valence-corrected chi connectivity index (χ4v) is 3.04. The van der Waals surface area contributed by atoms with Crippen LogP contribution in [0.3, 0.4) is 0 Å². The second-order valence-corrected chi connectivity index (χ2v) is 6.60. The Morgan fingerprint density at radius 1 is 1.05 bits per heavy atom. The third-order valence-electron chi connectivity index (χ3n) is 2.99. The summed E-state index contributed by atoms with van der Waals surface area (Å²) in [6.45, 7) is 3.40. The highest BCUT2D eigenvalue weighted by Gasteiger charge is 2.29. The minimum atomic E-state index is -3.91. The molecule has 0 radical (unpaired) electrons. The van der Waals surface area contributed by atoms with Gasteiger partial charge in [-0.1, -0.05) is 13.8 Å². The lowest BCUT2D eigenvalue weighted by atomic mass is 10.1. The molecule has 122 valence electrons. The minimum absolute atomic E-state index is 0.0605. The molecule has 0 spiro atoms. The predicted octanol–water partition coefficient (Wildman–Crippen LogP) is 0.949. The summed E-state index contributed by atoms with van der Waals surface area (Å²) in [5.74, 6) is -1.51. The molecule has 0 saturated heterocycles. The van der Waals surface area contributed by atoms with Crippen LogP contribution in [-0.4, -0.2) is 40.6 Å². The summed E-state index contributed by atoms with van der Waals surface area (Å²) in [5.41, 5.74) is 0.231. The highest BCUT2D eigenvalue weighted by molar-refractivity contribution is 7.89. The Bertz CT molecular complexity index is 636. The van der Waals surface area contributed by atoms with E-state index in [4.69, 9.17) is 0 Å². The Hall–Kier alpha value is -1.93. The van der Waals surface area contributed by atoms with E-state index >= 15 is 0 Å². The average Bonchev–Trinajstić information content (AvgIpc) is 2.51. The molecular formula is C14H19NO6S. The Kier molecular flexibility index (Phi) is 6.07. The van der Waals surface area contributed by atoms with E-state index in [0.717, 1.165) is 0 Å². The third-order valence-corrected chi connectivity index (χ3v) is 4.45. The van der Waals surface area contributed by atoms with Gasteiger partial charge in [0, 0.05) is 0 Å². The van der Waals surface area contributed by atoms with Gasteiger partial charge >= 0.3 is 11.9 Å². The number of hydrogen-bond donors (Lipinski definition) is 1. The van der Waals surface area contributed by atoms with Gasteiger partial charge in [-0.2, -0.15) is 4.72 Å². The molecule has 0 aromatic heterocycles. The molecule has 0 aliphatic carbocycles. The summed E-state index contributed by atoms with van der Waals surface area (Å²) in [6, 6.07) is 4.22. The molecule has 1 aromatic carbocycles. The minimum Gasteiger partial charge on any atom is -0.468 e. The second kappa shape index (κ2) is 7.37. The zero-order valence-corrected chi connectivity index (χ0v) is 13.6. The molecular weight excluding hydrogens is 310 g/mol. The summed E-state index contributed by atoms with van der Waals surface area (Å²) in [7, 11) is -1.49. The van der Waals surface area contributed by atoms with E-state index in [1.54, 1.807) is 13.8 Å². The van der Waals surface area contributed by atoms with Crippen molar-refractivity contribution in [1.29, 1.82) is 0 Å². The number of esters is 2. The number of nitrogens with one attached hydrogen (secondary N) is 1. The quantitative estimate of drug-likeness (QED) is 0.780. The van der Waals surface area contributed by atoms with Crippen LogP contribution in [0.2, 0.25) is 0 Å². The van der Waals surface area contributed by atoms with Gasteiger partial charge in [-0.15, -0.1) is 0 Å². The Morgan fingerprint density at radius 3 is 2.00 bits per heavy atom. The van der Waals surface area contributed by atoms with E-state index in [9.17, 15) is 18.0 Å². The summed E-state index contributed by atoms with van der Waals surface area (Å²) >= 11 is 0. The van der Waals surface area contributed by atoms with Gasteiger partial charge in [-0.25, -0.2) is 13.2 Å². The zero-order valence-electron chi connectivity index (χ0n) is 12.8. The smallest absolute Gasteiger partial charge is 0.337 e. The van der Waals surface area contributed by atoms with Crippen molar-refractivity contribution in [3.63, 3.8) is 0 Å². The molecule has 1 atom stereocenters. The van der Waals surface area contributed by atoms with Crippen LogP contribution in [-0.2, 0) is 24.3 Å². The molecule has 0 aliphatic rings. The third kappa shape index (κ3) is 4.28. The second-order valence-electron chi connectivity index (χ2n) is 4.88. The maximum atomic E-state index is 12.3. The van der Waals surface area contributed by atoms with Gasteiger partial charge in [-0.3, -0.25) is 4.79 Å². The summed E-state index contributed by atoms with van der Waals surface area (Å²) < 4.78 is 36.0. The van der Waals surface area contributed by atoms with Gasteiger partial charge in [-0.05, 0) is 30.2 Å². The predicted molar refractivity (Wildman–Crippen MR) is 78.7 cm³/mol. The maximum Gasteiger partial charge on any atom is 0.337 e. The number of ether oxygens (including phenoxy) is 2. The van der Waals surface area contributed by atoms with Gasteiger partial charge < -0.3 is 9.47 Å². The number of sulfonamides is 1. The molecule has 8 heteroatoms. The SMILES string of the molecule is COC(=O)c1ccc(S(=O)(=O)N[C@H](C(=O)OC)C(C)C)cc1. The van der Waals surface area contributed by atoms with Crippen molar-refractivity contribution in [3.8, 4) is 0 Å². The fraction of sp³-hybridized carbons (Fsp3) is 0.429. The standard InChI is InChI=1S/C14H19NO6S/c1-9(2)12(14(17)21-4)15-22(18,19)11-7-5-10(6-8-11)13(16)20-3/h5-9,12,15H,1-4H3/t12-/m0/s1. The number of carbonyl (C=O) groups excluding carboxylic acids is 2. The van der Waals surface area contributed by atoms with Crippen LogP contribution in [0.15, 0.2) is 29.2 Å². The van der Waals surface area contributed by atoms with Crippen LogP contribution in [0, 0.1) is 5.92 Å². The molecule has 1 aromatic rings. The van der Waals surface area contributed by atoms with Crippen LogP contribution in [0.4, 0.5) is 0 Å². The van der Waals surface area contributed by atoms with Crippen molar-refractivity contribution >= 4 is 22.0 Å². The molecule has 1 N–H and O–H groups in total. The Balaban J connectivity index is 3.03. The number of benzene rings is 1. The van der Waals surface area contributed by atoms with Gasteiger partial charge in [0.05, 0.1) is 24.7 Å². The van der Waals surface area contributed by atoms with E-state index in [-0.39, 0.29) is 16.4 Å². The Morgan fingerprint density at radius 2 is 1.59 bits per heavy atom. The van der Waals surface area contributed by atoms with Crippen LogP contribution in [0.5, 0.6) is 0 Å². The first-order valence-electron chi connectivity index (χ1n) is 6.51. The van der Waals surface area contributed by atoms with E-state index in [0.29, 0.717) is 0 Å². The first-order chi connectivity index (χ1) is 10.2. The summed E-state index contributed by atoms with van der Waals surface area (Å²) in [4.78, 5) is 22.9. The first-order valence-corrected chi connectivity index (χ1v) is 7.99. The first kappa shape index (κ1) is 18.1. The molecule has 1 rings (SSSR count). The molecule has 0 amide bonds. The monoisotopic (exact) mass is 329 g/mol. The van der Waals surface area contributed by atoms with Crippen molar-refractivity contribution in [2.24, 2.45) is 5.92 Å². The van der Waals surface area contributed by atoms with Crippen LogP contribution in [0.1, 0.15) is 24.2 Å². The number of rotatable bonds is 6. The zero-order chi connectivity index (χ0) is 16.9. The number of carbonyl (C=O) groups is 2. The lowest BCUT2D eigenvalue weighted by molar-refractivity contribution is -0.143. The molecule has 0 unspecified atom stereocenters. The van der Waals surface area contributed by atoms with Crippen molar-refractivity contribution in [1.82, 2.24) is 4.72 Å². The van der Waals surface area contributed by atoms with E-state index in [2.05, 4.69) is 14.2 Å². The lowest BCUT2D eigenvalue weighted by Gasteiger charge is -2.19. The molecule has 0 aliphatic heterocycles. The summed E-state index contributed by atoms with van der Waals surface area (Å²) in [5, 5.41) is 0. The number of methoxy groups -OCH3 is 2. The van der Waals surface area contributed by atoms with E-state index in [1.807, 2.05) is 0 Å². The van der Waals surface area contributed by atoms with Crippen molar-refractivity contribution in [2.75, 3.05) is 14.2 Å². The fourth-order valence-electron chi connectivity index (χ4n) is 1.71. The van der Waals surface area contributed by atoms with E-state index < -0.39 is 28.0 Å². The van der Waals surface area contributed by atoms with Crippen molar-refractivity contribution < 1.29 is 27.5 Å². The van der Waals surface area contributed by atoms with Crippen LogP contribution < -0.4 is 4.72 Å². The summed E-state index contributed by atoms with van der Waals surface area (Å²) in [6.07, 6.45) is 0. The number of hydrogen-bond acceptors (Lipinski definition) is 6. The topological polar surface area (TPSA) is 98.8 Å². The van der Waals surface area contributed by atoms with Gasteiger partial charge in [0.15, 0.2) is 0 Å². The lowest BCUT2D eigenvalue weighted by Crippen LogP contribution is -2.44. The molecule has 0 saturated carbocycles.